The minimum Gasteiger partial charge on any atom is -0.380 e. The molecule has 0 aromatic carbocycles. The van der Waals surface area contributed by atoms with Crippen LogP contribution in [0.3, 0.4) is 0 Å². The number of rotatable bonds is 0. The lowest BCUT2D eigenvalue weighted by atomic mass is 9.45. The molecule has 0 aliphatic heterocycles. The van der Waals surface area contributed by atoms with E-state index in [0.29, 0.717) is 19.3 Å². The van der Waals surface area contributed by atoms with E-state index in [9.17, 15) is 23.1 Å². The van der Waals surface area contributed by atoms with Crippen LogP contribution in [0.1, 0.15) is 52.9 Å². The van der Waals surface area contributed by atoms with E-state index in [-0.39, 0.29) is 41.3 Å². The summed E-state index contributed by atoms with van der Waals surface area (Å²) in [5.74, 6) is 0.475. The Bertz CT molecular complexity index is 709. The van der Waals surface area contributed by atoms with E-state index in [1.165, 1.54) is 0 Å². The third kappa shape index (κ3) is 2.07. The molecular formula is C21H27F3O2. The summed E-state index contributed by atoms with van der Waals surface area (Å²) in [6.45, 7) is 5.91. The maximum atomic E-state index is 13.8. The van der Waals surface area contributed by atoms with Crippen molar-refractivity contribution in [2.45, 2.75) is 64.7 Å². The Labute approximate surface area is 152 Å². The smallest absolute Gasteiger partial charge is 0.380 e. The highest BCUT2D eigenvalue weighted by atomic mass is 19.4. The molecule has 3 fully saturated rings. The summed E-state index contributed by atoms with van der Waals surface area (Å²) in [5, 5.41) is 10.7. The van der Waals surface area contributed by atoms with Crippen molar-refractivity contribution in [3.63, 3.8) is 0 Å². The molecule has 0 heterocycles. The lowest BCUT2D eigenvalue weighted by molar-refractivity contribution is -0.303. The molecule has 0 saturated heterocycles. The third-order valence-corrected chi connectivity index (χ3v) is 8.52. The third-order valence-electron chi connectivity index (χ3n) is 8.52. The lowest BCUT2D eigenvalue weighted by Gasteiger charge is -2.60. The average molecular weight is 368 g/mol. The Kier molecular flexibility index (Phi) is 3.68. The Balaban J connectivity index is 1.75. The highest BCUT2D eigenvalue weighted by Crippen LogP contribution is 2.70. The maximum absolute atomic E-state index is 13.8. The van der Waals surface area contributed by atoms with Crippen LogP contribution in [0.2, 0.25) is 0 Å². The lowest BCUT2D eigenvalue weighted by Crippen LogP contribution is -2.60. The van der Waals surface area contributed by atoms with Crippen LogP contribution < -0.4 is 0 Å². The van der Waals surface area contributed by atoms with Crippen LogP contribution in [-0.4, -0.2) is 22.7 Å². The van der Waals surface area contributed by atoms with E-state index < -0.39 is 17.2 Å². The van der Waals surface area contributed by atoms with Gasteiger partial charge in [0.05, 0.1) is 0 Å². The molecule has 2 nitrogen and oxygen atoms in total. The number of hydrogen-bond donors (Lipinski definition) is 1. The fourth-order valence-corrected chi connectivity index (χ4v) is 7.03. The largest absolute Gasteiger partial charge is 0.417 e. The average Bonchev–Trinajstić information content (AvgIpc) is 2.82. The number of alkyl halides is 3. The van der Waals surface area contributed by atoms with Crippen LogP contribution in [0.4, 0.5) is 13.2 Å². The predicted molar refractivity (Wildman–Crippen MR) is 92.2 cm³/mol. The Morgan fingerprint density at radius 3 is 2.46 bits per heavy atom. The van der Waals surface area contributed by atoms with Gasteiger partial charge in [0, 0.05) is 10.8 Å². The number of aliphatic hydroxyl groups is 1. The molecule has 0 aromatic heterocycles. The van der Waals surface area contributed by atoms with Crippen molar-refractivity contribution < 1.29 is 23.1 Å². The number of allylic oxidation sites excluding steroid dienone is 4. The standard InChI is InChI=1S/C21H27F3O2/c1-12-10-13-11-14(25)4-7-18(13,2)15-5-8-19(3)16(17(12)15)6-9-20(19,26)21(22,23)24/h4,7,11-12,15-17,26H,5-6,8-10H2,1-3H3/t12?,15-,16+,17-,18+,19+,20?/m1/s1. The molecule has 0 aromatic rings. The molecule has 5 heteroatoms. The molecule has 0 spiro atoms. The van der Waals surface area contributed by atoms with E-state index in [0.717, 1.165) is 12.0 Å². The Morgan fingerprint density at radius 1 is 1.15 bits per heavy atom. The highest BCUT2D eigenvalue weighted by molar-refractivity contribution is 6.01. The van der Waals surface area contributed by atoms with Gasteiger partial charge in [0.2, 0.25) is 0 Å². The van der Waals surface area contributed by atoms with Crippen molar-refractivity contribution in [1.82, 2.24) is 0 Å². The van der Waals surface area contributed by atoms with Crippen molar-refractivity contribution >= 4 is 5.78 Å². The molecule has 7 atom stereocenters. The van der Waals surface area contributed by atoms with Gasteiger partial charge in [-0.1, -0.05) is 32.4 Å². The van der Waals surface area contributed by atoms with Gasteiger partial charge in [-0.2, -0.15) is 13.2 Å². The van der Waals surface area contributed by atoms with Gasteiger partial charge in [-0.25, -0.2) is 0 Å². The zero-order valence-corrected chi connectivity index (χ0v) is 15.6. The number of carbonyl (C=O) groups is 1. The van der Waals surface area contributed by atoms with Gasteiger partial charge in [0.1, 0.15) is 0 Å². The Morgan fingerprint density at radius 2 is 1.81 bits per heavy atom. The van der Waals surface area contributed by atoms with Crippen molar-refractivity contribution in [3.8, 4) is 0 Å². The van der Waals surface area contributed by atoms with Crippen molar-refractivity contribution in [3.05, 3.63) is 23.8 Å². The van der Waals surface area contributed by atoms with E-state index in [1.54, 1.807) is 19.1 Å². The quantitative estimate of drug-likeness (QED) is 0.665. The molecule has 0 radical (unpaired) electrons. The zero-order valence-electron chi connectivity index (χ0n) is 15.6. The highest BCUT2D eigenvalue weighted by Gasteiger charge is 2.72. The summed E-state index contributed by atoms with van der Waals surface area (Å²) in [7, 11) is 0. The monoisotopic (exact) mass is 368 g/mol. The molecule has 26 heavy (non-hydrogen) atoms. The molecule has 0 amide bonds. The van der Waals surface area contributed by atoms with Gasteiger partial charge < -0.3 is 5.11 Å². The van der Waals surface area contributed by atoms with E-state index in [1.807, 2.05) is 6.08 Å². The SMILES string of the molecule is CC1CC2=CC(=O)C=C[C@]2(C)[C@@H]2CC[C@@]3(C)[C@@H](CCC3(O)C(F)(F)F)[C@H]12. The molecule has 1 N–H and O–H groups in total. The molecule has 4 rings (SSSR count). The van der Waals surface area contributed by atoms with Gasteiger partial charge in [0.25, 0.3) is 0 Å². The van der Waals surface area contributed by atoms with Crippen LogP contribution in [0.15, 0.2) is 23.8 Å². The zero-order chi connectivity index (χ0) is 19.1. The van der Waals surface area contributed by atoms with Crippen molar-refractivity contribution in [2.75, 3.05) is 0 Å². The maximum Gasteiger partial charge on any atom is 0.417 e. The fraction of sp³-hybridized carbons (Fsp3) is 0.762. The van der Waals surface area contributed by atoms with Crippen molar-refractivity contribution in [2.24, 2.45) is 34.5 Å². The molecule has 144 valence electrons. The first-order valence-corrected chi connectivity index (χ1v) is 9.67. The number of fused-ring (bicyclic) bond motifs is 5. The summed E-state index contributed by atoms with van der Waals surface area (Å²) >= 11 is 0. The molecule has 4 aliphatic rings. The first kappa shape index (κ1) is 18.3. The molecule has 3 saturated carbocycles. The van der Waals surface area contributed by atoms with Crippen LogP contribution in [-0.2, 0) is 4.79 Å². The summed E-state index contributed by atoms with van der Waals surface area (Å²) in [6.07, 6.45) is 2.78. The number of ketones is 1. The normalized spacial score (nSPS) is 50.7. The molecule has 4 aliphatic carbocycles. The summed E-state index contributed by atoms with van der Waals surface area (Å²) in [5.41, 5.74) is -2.81. The summed E-state index contributed by atoms with van der Waals surface area (Å²) in [4.78, 5) is 11.8. The van der Waals surface area contributed by atoms with Gasteiger partial charge in [-0.3, -0.25) is 4.79 Å². The minimum atomic E-state index is -4.59. The summed E-state index contributed by atoms with van der Waals surface area (Å²) < 4.78 is 41.3. The van der Waals surface area contributed by atoms with Crippen LogP contribution in [0.5, 0.6) is 0 Å². The van der Waals surface area contributed by atoms with Crippen LogP contribution >= 0.6 is 0 Å². The Hall–Kier alpha value is -1.10. The molecule has 0 bridgehead atoms. The van der Waals surface area contributed by atoms with Crippen LogP contribution in [0, 0.1) is 34.5 Å². The second-order valence-corrected chi connectivity index (χ2v) is 9.51. The minimum absolute atomic E-state index is 0.0103. The fourth-order valence-electron chi connectivity index (χ4n) is 7.03. The summed E-state index contributed by atoms with van der Waals surface area (Å²) in [6, 6.07) is 0. The predicted octanol–water partition coefficient (Wildman–Crippen LogP) is 4.83. The topological polar surface area (TPSA) is 37.3 Å². The van der Waals surface area contributed by atoms with Gasteiger partial charge in [0.15, 0.2) is 11.4 Å². The number of hydrogen-bond acceptors (Lipinski definition) is 2. The van der Waals surface area contributed by atoms with Gasteiger partial charge in [-0.15, -0.1) is 0 Å². The second-order valence-electron chi connectivity index (χ2n) is 9.51. The van der Waals surface area contributed by atoms with E-state index >= 15 is 0 Å². The first-order chi connectivity index (χ1) is 11.9. The first-order valence-electron chi connectivity index (χ1n) is 9.67. The van der Waals surface area contributed by atoms with E-state index in [2.05, 4.69) is 13.8 Å². The second kappa shape index (κ2) is 5.24. The number of carbonyl (C=O) groups excluding carboxylic acids is 1. The van der Waals surface area contributed by atoms with Crippen molar-refractivity contribution in [1.29, 1.82) is 0 Å². The van der Waals surface area contributed by atoms with Crippen LogP contribution in [0.25, 0.3) is 0 Å². The molecular weight excluding hydrogens is 341 g/mol. The van der Waals surface area contributed by atoms with E-state index in [4.69, 9.17) is 0 Å². The van der Waals surface area contributed by atoms with Gasteiger partial charge >= 0.3 is 6.18 Å². The number of halogens is 3. The molecule has 2 unspecified atom stereocenters. The van der Waals surface area contributed by atoms with Gasteiger partial charge in [-0.05, 0) is 67.9 Å².